The molecule has 0 aromatic heterocycles. The van der Waals surface area contributed by atoms with Gasteiger partial charge in [-0.15, -0.1) is 0 Å². The van der Waals surface area contributed by atoms with Crippen molar-refractivity contribution in [2.24, 2.45) is 0 Å². The topological polar surface area (TPSA) is 17.1 Å². The number of ketones is 1. The molecule has 0 fully saturated rings. The molecule has 1 aromatic rings. The number of aryl methyl sites for hydroxylation is 2. The molecule has 0 saturated heterocycles. The van der Waals surface area contributed by atoms with Gasteiger partial charge in [-0.3, -0.25) is 4.79 Å². The number of benzene rings is 1. The molecule has 1 nitrogen and oxygen atoms in total. The maximum Gasteiger partial charge on any atom is 0.454 e. The van der Waals surface area contributed by atoms with E-state index in [0.717, 1.165) is 30.4 Å². The lowest BCUT2D eigenvalue weighted by atomic mass is 10.0. The Morgan fingerprint density at radius 3 is 2.47 bits per heavy atom. The highest BCUT2D eigenvalue weighted by molar-refractivity contribution is 6.00. The molecular weight excluding hydrogens is 205 g/mol. The molecular formula is C11H9F3O. The summed E-state index contributed by atoms with van der Waals surface area (Å²) in [6.07, 6.45) is -2.14. The molecule has 4 heteroatoms. The smallest absolute Gasteiger partial charge is 0.284 e. The number of carbonyl (C=O) groups excluding carboxylic acids is 1. The SMILES string of the molecule is O=C(c1ccc2c(c1)CCC2)C(F)(F)F. The van der Waals surface area contributed by atoms with Crippen LogP contribution < -0.4 is 0 Å². The Bertz CT molecular complexity index is 407. The van der Waals surface area contributed by atoms with Crippen molar-refractivity contribution in [2.75, 3.05) is 0 Å². The summed E-state index contributed by atoms with van der Waals surface area (Å²) in [4.78, 5) is 10.9. The van der Waals surface area contributed by atoms with Gasteiger partial charge in [-0.1, -0.05) is 12.1 Å². The van der Waals surface area contributed by atoms with Gasteiger partial charge in [0.05, 0.1) is 0 Å². The van der Waals surface area contributed by atoms with Crippen LogP contribution in [0.2, 0.25) is 0 Å². The van der Waals surface area contributed by atoms with Crippen molar-refractivity contribution >= 4 is 5.78 Å². The van der Waals surface area contributed by atoms with Gasteiger partial charge in [-0.2, -0.15) is 13.2 Å². The average molecular weight is 214 g/mol. The lowest BCUT2D eigenvalue weighted by Crippen LogP contribution is -2.22. The molecule has 1 aliphatic carbocycles. The second-order valence-electron chi connectivity index (χ2n) is 3.66. The molecule has 0 atom stereocenters. The average Bonchev–Trinajstić information content (AvgIpc) is 2.61. The number of alkyl halides is 3. The maximum atomic E-state index is 12.1. The zero-order valence-electron chi connectivity index (χ0n) is 7.90. The fourth-order valence-corrected chi connectivity index (χ4v) is 1.88. The van der Waals surface area contributed by atoms with E-state index in [-0.39, 0.29) is 5.56 Å². The van der Waals surface area contributed by atoms with Crippen LogP contribution in [0.15, 0.2) is 18.2 Å². The zero-order chi connectivity index (χ0) is 11.1. The van der Waals surface area contributed by atoms with Gasteiger partial charge >= 0.3 is 6.18 Å². The maximum absolute atomic E-state index is 12.1. The molecule has 0 heterocycles. The molecule has 1 aliphatic rings. The molecule has 0 amide bonds. The summed E-state index contributed by atoms with van der Waals surface area (Å²) >= 11 is 0. The summed E-state index contributed by atoms with van der Waals surface area (Å²) in [6, 6.07) is 4.26. The third-order valence-corrected chi connectivity index (χ3v) is 2.62. The van der Waals surface area contributed by atoms with E-state index in [4.69, 9.17) is 0 Å². The minimum Gasteiger partial charge on any atom is -0.284 e. The van der Waals surface area contributed by atoms with Crippen LogP contribution in [0.25, 0.3) is 0 Å². The van der Waals surface area contributed by atoms with Gasteiger partial charge in [0, 0.05) is 5.56 Å². The van der Waals surface area contributed by atoms with E-state index in [1.165, 1.54) is 12.1 Å². The van der Waals surface area contributed by atoms with E-state index in [2.05, 4.69) is 0 Å². The van der Waals surface area contributed by atoms with Gasteiger partial charge in [0.25, 0.3) is 5.78 Å². The number of hydrogen-bond acceptors (Lipinski definition) is 1. The van der Waals surface area contributed by atoms with Gasteiger partial charge in [0.1, 0.15) is 0 Å². The highest BCUT2D eigenvalue weighted by atomic mass is 19.4. The van der Waals surface area contributed by atoms with Crippen molar-refractivity contribution in [1.82, 2.24) is 0 Å². The van der Waals surface area contributed by atoms with E-state index < -0.39 is 12.0 Å². The molecule has 15 heavy (non-hydrogen) atoms. The molecule has 0 unspecified atom stereocenters. The number of carbonyl (C=O) groups is 1. The fourth-order valence-electron chi connectivity index (χ4n) is 1.88. The van der Waals surface area contributed by atoms with Gasteiger partial charge in [-0.05, 0) is 36.5 Å². The second kappa shape index (κ2) is 3.36. The number of halogens is 3. The summed E-state index contributed by atoms with van der Waals surface area (Å²) < 4.78 is 36.4. The fraction of sp³-hybridized carbons (Fsp3) is 0.364. The molecule has 0 bridgehead atoms. The van der Waals surface area contributed by atoms with Crippen LogP contribution in [-0.4, -0.2) is 12.0 Å². The lowest BCUT2D eigenvalue weighted by Gasteiger charge is -2.06. The number of Topliss-reactive ketones (excluding diaryl/α,β-unsaturated/α-hetero) is 1. The first-order valence-corrected chi connectivity index (χ1v) is 4.72. The highest BCUT2D eigenvalue weighted by Gasteiger charge is 2.39. The monoisotopic (exact) mass is 214 g/mol. The second-order valence-corrected chi connectivity index (χ2v) is 3.66. The Hall–Kier alpha value is -1.32. The van der Waals surface area contributed by atoms with E-state index in [1.807, 2.05) is 0 Å². The van der Waals surface area contributed by atoms with E-state index in [0.29, 0.717) is 0 Å². The molecule has 0 spiro atoms. The quantitative estimate of drug-likeness (QED) is 0.657. The summed E-state index contributed by atoms with van der Waals surface area (Å²) in [5, 5.41) is 0. The van der Waals surface area contributed by atoms with Crippen LogP contribution in [0, 0.1) is 0 Å². The van der Waals surface area contributed by atoms with Crippen LogP contribution in [0.4, 0.5) is 13.2 Å². The molecule has 1 aromatic carbocycles. The number of fused-ring (bicyclic) bond motifs is 1. The first-order chi connectivity index (χ1) is 6.98. The molecule has 0 N–H and O–H groups in total. The van der Waals surface area contributed by atoms with E-state index >= 15 is 0 Å². The third kappa shape index (κ3) is 1.89. The van der Waals surface area contributed by atoms with Gasteiger partial charge in [-0.25, -0.2) is 0 Å². The van der Waals surface area contributed by atoms with Crippen molar-refractivity contribution in [1.29, 1.82) is 0 Å². The van der Waals surface area contributed by atoms with Crippen LogP contribution in [0.3, 0.4) is 0 Å². The summed E-state index contributed by atoms with van der Waals surface area (Å²) in [5.74, 6) is -1.75. The summed E-state index contributed by atoms with van der Waals surface area (Å²) in [6.45, 7) is 0. The molecule has 0 aliphatic heterocycles. The number of hydrogen-bond donors (Lipinski definition) is 0. The predicted molar refractivity (Wildman–Crippen MR) is 48.9 cm³/mol. The Balaban J connectivity index is 2.35. The molecule has 80 valence electrons. The minimum absolute atomic E-state index is 0.247. The van der Waals surface area contributed by atoms with Crippen molar-refractivity contribution in [3.05, 3.63) is 34.9 Å². The normalized spacial score (nSPS) is 15.1. The number of rotatable bonds is 1. The van der Waals surface area contributed by atoms with Crippen LogP contribution in [0.1, 0.15) is 27.9 Å². The van der Waals surface area contributed by atoms with Crippen LogP contribution in [0.5, 0.6) is 0 Å². The Morgan fingerprint density at radius 2 is 1.80 bits per heavy atom. The lowest BCUT2D eigenvalue weighted by molar-refractivity contribution is -0.0885. The molecule has 2 rings (SSSR count). The predicted octanol–water partition coefficient (Wildman–Crippen LogP) is 2.92. The standard InChI is InChI=1S/C11H9F3O/c12-11(13,14)10(15)9-5-4-7-2-1-3-8(7)6-9/h4-6H,1-3H2. The largest absolute Gasteiger partial charge is 0.454 e. The van der Waals surface area contributed by atoms with Crippen molar-refractivity contribution in [3.63, 3.8) is 0 Å². The summed E-state index contributed by atoms with van der Waals surface area (Å²) in [7, 11) is 0. The minimum atomic E-state index is -4.77. The van der Waals surface area contributed by atoms with E-state index in [1.54, 1.807) is 6.07 Å². The van der Waals surface area contributed by atoms with Crippen molar-refractivity contribution < 1.29 is 18.0 Å². The van der Waals surface area contributed by atoms with Crippen LogP contribution >= 0.6 is 0 Å². The van der Waals surface area contributed by atoms with Crippen molar-refractivity contribution in [2.45, 2.75) is 25.4 Å². The van der Waals surface area contributed by atoms with Crippen LogP contribution in [-0.2, 0) is 12.8 Å². The molecule has 0 radical (unpaired) electrons. The van der Waals surface area contributed by atoms with Gasteiger partial charge in [0.15, 0.2) is 0 Å². The zero-order valence-corrected chi connectivity index (χ0v) is 7.90. The third-order valence-electron chi connectivity index (χ3n) is 2.62. The van der Waals surface area contributed by atoms with E-state index in [9.17, 15) is 18.0 Å². The molecule has 0 saturated carbocycles. The highest BCUT2D eigenvalue weighted by Crippen LogP contribution is 2.26. The van der Waals surface area contributed by atoms with Crippen molar-refractivity contribution in [3.8, 4) is 0 Å². The van der Waals surface area contributed by atoms with Gasteiger partial charge < -0.3 is 0 Å². The first-order valence-electron chi connectivity index (χ1n) is 4.72. The van der Waals surface area contributed by atoms with Gasteiger partial charge in [0.2, 0.25) is 0 Å². The Kier molecular flexibility index (Phi) is 2.29. The Labute approximate surface area is 84.9 Å². The summed E-state index contributed by atoms with van der Waals surface area (Å²) in [5.41, 5.74) is 1.70. The first kappa shape index (κ1) is 10.2. The Morgan fingerprint density at radius 1 is 1.13 bits per heavy atom.